The molecule has 2 amide bonds. The molecule has 0 fully saturated rings. The molecular weight excluding hydrogens is 304 g/mol. The van der Waals surface area contributed by atoms with Crippen LogP contribution in [0.3, 0.4) is 0 Å². The molecule has 5 nitrogen and oxygen atoms in total. The number of ether oxygens (including phenoxy) is 1. The standard InChI is InChI=1S/C16H15ClN2O3/c17-12-3-1-11(2-4-12)10-22-14-7-5-13(6-8-14)19-16(21)9-15(18)20/h1-8H,9-10H2,(H2,18,20)(H,19,21). The molecule has 6 heteroatoms. The van der Waals surface area contributed by atoms with Crippen LogP contribution >= 0.6 is 11.6 Å². The molecule has 0 radical (unpaired) electrons. The highest BCUT2D eigenvalue weighted by molar-refractivity contribution is 6.30. The van der Waals surface area contributed by atoms with Gasteiger partial charge in [-0.15, -0.1) is 0 Å². The maximum Gasteiger partial charge on any atom is 0.233 e. The van der Waals surface area contributed by atoms with Crippen molar-refractivity contribution in [2.45, 2.75) is 13.0 Å². The van der Waals surface area contributed by atoms with Crippen molar-refractivity contribution in [3.8, 4) is 5.75 Å². The van der Waals surface area contributed by atoms with E-state index in [-0.39, 0.29) is 6.42 Å². The molecule has 3 N–H and O–H groups in total. The number of hydrogen-bond donors (Lipinski definition) is 2. The van der Waals surface area contributed by atoms with E-state index in [4.69, 9.17) is 22.1 Å². The number of hydrogen-bond acceptors (Lipinski definition) is 3. The third-order valence-electron chi connectivity index (χ3n) is 2.79. The molecule has 22 heavy (non-hydrogen) atoms. The summed E-state index contributed by atoms with van der Waals surface area (Å²) >= 11 is 5.82. The average Bonchev–Trinajstić information content (AvgIpc) is 2.47. The zero-order valence-electron chi connectivity index (χ0n) is 11.7. The van der Waals surface area contributed by atoms with Crippen LogP contribution in [0.25, 0.3) is 0 Å². The van der Waals surface area contributed by atoms with E-state index in [1.807, 2.05) is 12.1 Å². The fourth-order valence-electron chi connectivity index (χ4n) is 1.75. The van der Waals surface area contributed by atoms with E-state index in [0.717, 1.165) is 5.56 Å². The zero-order chi connectivity index (χ0) is 15.9. The third-order valence-corrected chi connectivity index (χ3v) is 3.04. The molecule has 114 valence electrons. The lowest BCUT2D eigenvalue weighted by molar-refractivity contribution is -0.124. The van der Waals surface area contributed by atoms with Crippen molar-refractivity contribution in [1.29, 1.82) is 0 Å². The molecule has 2 rings (SSSR count). The minimum atomic E-state index is -0.666. The van der Waals surface area contributed by atoms with E-state index < -0.39 is 11.8 Å². The minimum absolute atomic E-state index is 0.338. The monoisotopic (exact) mass is 318 g/mol. The van der Waals surface area contributed by atoms with Crippen LogP contribution < -0.4 is 15.8 Å². The first-order valence-electron chi connectivity index (χ1n) is 6.58. The quantitative estimate of drug-likeness (QED) is 0.803. The van der Waals surface area contributed by atoms with Gasteiger partial charge in [-0.1, -0.05) is 23.7 Å². The van der Waals surface area contributed by atoms with Crippen molar-refractivity contribution in [1.82, 2.24) is 0 Å². The lowest BCUT2D eigenvalue weighted by Gasteiger charge is -2.08. The van der Waals surface area contributed by atoms with Crippen molar-refractivity contribution in [2.24, 2.45) is 5.73 Å². The van der Waals surface area contributed by atoms with Crippen LogP contribution in [0.4, 0.5) is 5.69 Å². The predicted octanol–water partition coefficient (Wildman–Crippen LogP) is 2.73. The molecule has 2 aromatic rings. The van der Waals surface area contributed by atoms with Gasteiger partial charge in [0.2, 0.25) is 11.8 Å². The summed E-state index contributed by atoms with van der Waals surface area (Å²) in [6.07, 6.45) is -0.338. The van der Waals surface area contributed by atoms with Crippen molar-refractivity contribution in [2.75, 3.05) is 5.32 Å². The van der Waals surface area contributed by atoms with Crippen LogP contribution in [0, 0.1) is 0 Å². The summed E-state index contributed by atoms with van der Waals surface area (Å²) in [5.74, 6) is -0.439. The predicted molar refractivity (Wildman–Crippen MR) is 84.7 cm³/mol. The summed E-state index contributed by atoms with van der Waals surface area (Å²) in [4.78, 5) is 22.0. The number of amides is 2. The molecule has 0 unspecified atom stereocenters. The molecular formula is C16H15ClN2O3. The molecule has 0 atom stereocenters. The van der Waals surface area contributed by atoms with Gasteiger partial charge in [0, 0.05) is 10.7 Å². The number of nitrogens with one attached hydrogen (secondary N) is 1. The van der Waals surface area contributed by atoms with E-state index in [2.05, 4.69) is 5.32 Å². The maximum absolute atomic E-state index is 11.4. The van der Waals surface area contributed by atoms with Crippen LogP contribution in [-0.4, -0.2) is 11.8 Å². The van der Waals surface area contributed by atoms with Gasteiger partial charge in [0.1, 0.15) is 18.8 Å². The summed E-state index contributed by atoms with van der Waals surface area (Å²) in [5.41, 5.74) is 6.52. The largest absolute Gasteiger partial charge is 0.489 e. The number of rotatable bonds is 6. The molecule has 0 heterocycles. The lowest BCUT2D eigenvalue weighted by atomic mass is 10.2. The molecule has 2 aromatic carbocycles. The molecule has 0 bridgehead atoms. The van der Waals surface area contributed by atoms with Gasteiger partial charge in [-0.05, 0) is 42.0 Å². The second-order valence-corrected chi connectivity index (χ2v) is 5.07. The number of carbonyl (C=O) groups excluding carboxylic acids is 2. The Morgan fingerprint density at radius 2 is 1.68 bits per heavy atom. The van der Waals surface area contributed by atoms with Crippen LogP contribution in [0.5, 0.6) is 5.75 Å². The Hall–Kier alpha value is -2.53. The Morgan fingerprint density at radius 1 is 1.05 bits per heavy atom. The first-order chi connectivity index (χ1) is 10.5. The summed E-state index contributed by atoms with van der Waals surface area (Å²) in [7, 11) is 0. The Balaban J connectivity index is 1.87. The highest BCUT2D eigenvalue weighted by Gasteiger charge is 2.06. The summed E-state index contributed by atoms with van der Waals surface area (Å²) in [5, 5.41) is 3.25. The summed E-state index contributed by atoms with van der Waals surface area (Å²) in [6, 6.07) is 14.2. The molecule has 0 saturated heterocycles. The molecule has 0 aliphatic carbocycles. The van der Waals surface area contributed by atoms with Gasteiger partial charge >= 0.3 is 0 Å². The SMILES string of the molecule is NC(=O)CC(=O)Nc1ccc(OCc2ccc(Cl)cc2)cc1. The van der Waals surface area contributed by atoms with Crippen LogP contribution in [0.2, 0.25) is 5.02 Å². The first kappa shape index (κ1) is 15.9. The van der Waals surface area contributed by atoms with Gasteiger partial charge in [-0.3, -0.25) is 9.59 Å². The average molecular weight is 319 g/mol. The summed E-state index contributed by atoms with van der Waals surface area (Å²) in [6.45, 7) is 0.421. The third kappa shape index (κ3) is 5.10. The number of primary amides is 1. The Labute approximate surface area is 133 Å². The van der Waals surface area contributed by atoms with Gasteiger partial charge < -0.3 is 15.8 Å². The smallest absolute Gasteiger partial charge is 0.233 e. The first-order valence-corrected chi connectivity index (χ1v) is 6.96. The molecule has 0 aromatic heterocycles. The van der Waals surface area contributed by atoms with E-state index in [1.165, 1.54) is 0 Å². The van der Waals surface area contributed by atoms with Gasteiger partial charge in [0.25, 0.3) is 0 Å². The second-order valence-electron chi connectivity index (χ2n) is 4.63. The highest BCUT2D eigenvalue weighted by atomic mass is 35.5. The van der Waals surface area contributed by atoms with E-state index >= 15 is 0 Å². The fraction of sp³-hybridized carbons (Fsp3) is 0.125. The van der Waals surface area contributed by atoms with Gasteiger partial charge in [0.05, 0.1) is 0 Å². The van der Waals surface area contributed by atoms with Crippen LogP contribution in [-0.2, 0) is 16.2 Å². The summed E-state index contributed by atoms with van der Waals surface area (Å²) < 4.78 is 5.63. The number of carbonyl (C=O) groups is 2. The van der Waals surface area contributed by atoms with Crippen LogP contribution in [0.1, 0.15) is 12.0 Å². The van der Waals surface area contributed by atoms with Crippen molar-refractivity contribution < 1.29 is 14.3 Å². The fourth-order valence-corrected chi connectivity index (χ4v) is 1.87. The zero-order valence-corrected chi connectivity index (χ0v) is 12.5. The normalized spacial score (nSPS) is 10.0. The Morgan fingerprint density at radius 3 is 2.27 bits per heavy atom. The number of nitrogens with two attached hydrogens (primary N) is 1. The Bertz CT molecular complexity index is 654. The van der Waals surface area contributed by atoms with Gasteiger partial charge in [-0.2, -0.15) is 0 Å². The van der Waals surface area contributed by atoms with E-state index in [1.54, 1.807) is 36.4 Å². The molecule has 0 aliphatic heterocycles. The molecule has 0 aliphatic rings. The second kappa shape index (κ2) is 7.47. The van der Waals surface area contributed by atoms with Crippen molar-refractivity contribution in [3.63, 3.8) is 0 Å². The molecule has 0 saturated carbocycles. The topological polar surface area (TPSA) is 81.4 Å². The van der Waals surface area contributed by atoms with Gasteiger partial charge in [0.15, 0.2) is 0 Å². The van der Waals surface area contributed by atoms with Gasteiger partial charge in [-0.25, -0.2) is 0 Å². The van der Waals surface area contributed by atoms with Crippen molar-refractivity contribution >= 4 is 29.1 Å². The van der Waals surface area contributed by atoms with Crippen molar-refractivity contribution in [3.05, 3.63) is 59.1 Å². The van der Waals surface area contributed by atoms with E-state index in [0.29, 0.717) is 23.1 Å². The number of halogens is 1. The Kier molecular flexibility index (Phi) is 5.38. The minimum Gasteiger partial charge on any atom is -0.489 e. The maximum atomic E-state index is 11.4. The van der Waals surface area contributed by atoms with Crippen LogP contribution in [0.15, 0.2) is 48.5 Å². The number of benzene rings is 2. The lowest BCUT2D eigenvalue weighted by Crippen LogP contribution is -2.21. The number of anilines is 1. The molecule has 0 spiro atoms. The van der Waals surface area contributed by atoms with E-state index in [9.17, 15) is 9.59 Å². The highest BCUT2D eigenvalue weighted by Crippen LogP contribution is 2.18.